The van der Waals surface area contributed by atoms with E-state index in [0.29, 0.717) is 12.2 Å². The molecule has 2 aromatic rings. The standard InChI is InChI=1S/C12H14O.C8H8.C4H8O2/c1-3-10-6-4-5-9(2)12(10)7-11-8-13-11;1-2-8-6-4-3-5-7-8;1-5-2-4-3-6-4/h3-6,11H,1,7-8H2,2H3;2-7H,1H2;4H,2-3H2,1H3. The number of benzene rings is 2. The first-order valence-corrected chi connectivity index (χ1v) is 9.28. The lowest BCUT2D eigenvalue weighted by molar-refractivity contribution is 0.171. The van der Waals surface area contributed by atoms with E-state index in [-0.39, 0.29) is 0 Å². The van der Waals surface area contributed by atoms with Crippen molar-refractivity contribution in [1.82, 2.24) is 0 Å². The van der Waals surface area contributed by atoms with Crippen LogP contribution >= 0.6 is 0 Å². The maximum Gasteiger partial charge on any atom is 0.104 e. The summed E-state index contributed by atoms with van der Waals surface area (Å²) in [7, 11) is 1.68. The van der Waals surface area contributed by atoms with E-state index in [0.717, 1.165) is 26.2 Å². The Morgan fingerprint density at radius 2 is 1.63 bits per heavy atom. The van der Waals surface area contributed by atoms with E-state index >= 15 is 0 Å². The number of rotatable bonds is 6. The molecule has 2 unspecified atom stereocenters. The van der Waals surface area contributed by atoms with Gasteiger partial charge in [-0.15, -0.1) is 0 Å². The average molecular weight is 367 g/mol. The summed E-state index contributed by atoms with van der Waals surface area (Å²) in [4.78, 5) is 0. The average Bonchev–Trinajstić information content (AvgIpc) is 3.62. The molecule has 2 saturated heterocycles. The Balaban J connectivity index is 0.000000159. The third-order valence-corrected chi connectivity index (χ3v) is 4.29. The molecule has 0 radical (unpaired) electrons. The Labute approximate surface area is 163 Å². The summed E-state index contributed by atoms with van der Waals surface area (Å²) < 4.78 is 14.8. The van der Waals surface area contributed by atoms with E-state index in [1.807, 2.05) is 42.5 Å². The second kappa shape index (κ2) is 11.5. The Morgan fingerprint density at radius 1 is 0.963 bits per heavy atom. The van der Waals surface area contributed by atoms with Crippen LogP contribution in [0.3, 0.4) is 0 Å². The Hall–Kier alpha value is -2.20. The molecule has 0 amide bonds. The first-order chi connectivity index (χ1) is 13.2. The minimum absolute atomic E-state index is 0.426. The van der Waals surface area contributed by atoms with Crippen molar-refractivity contribution in [3.8, 4) is 0 Å². The molecule has 2 aliphatic heterocycles. The highest BCUT2D eigenvalue weighted by Gasteiger charge is 2.24. The van der Waals surface area contributed by atoms with Crippen LogP contribution in [0.1, 0.15) is 22.3 Å². The minimum Gasteiger partial charge on any atom is -0.382 e. The Morgan fingerprint density at radius 3 is 2.07 bits per heavy atom. The highest BCUT2D eigenvalue weighted by atomic mass is 16.6. The number of ether oxygens (including phenoxy) is 3. The van der Waals surface area contributed by atoms with Gasteiger partial charge in [0.15, 0.2) is 0 Å². The van der Waals surface area contributed by atoms with Crippen LogP contribution in [0.4, 0.5) is 0 Å². The van der Waals surface area contributed by atoms with Crippen molar-refractivity contribution in [1.29, 1.82) is 0 Å². The molecule has 4 rings (SSSR count). The fourth-order valence-corrected chi connectivity index (χ4v) is 2.55. The van der Waals surface area contributed by atoms with E-state index < -0.39 is 0 Å². The molecular weight excluding hydrogens is 336 g/mol. The van der Waals surface area contributed by atoms with Gasteiger partial charge in [0, 0.05) is 13.5 Å². The van der Waals surface area contributed by atoms with Crippen LogP contribution in [0.2, 0.25) is 0 Å². The van der Waals surface area contributed by atoms with Gasteiger partial charge in [-0.1, -0.05) is 73.8 Å². The molecule has 2 heterocycles. The number of methoxy groups -OCH3 is 1. The van der Waals surface area contributed by atoms with Crippen molar-refractivity contribution in [3.63, 3.8) is 0 Å². The maximum absolute atomic E-state index is 5.23. The van der Waals surface area contributed by atoms with E-state index in [2.05, 4.69) is 38.3 Å². The summed E-state index contributed by atoms with van der Waals surface area (Å²) in [5.74, 6) is 0. The van der Waals surface area contributed by atoms with Crippen LogP contribution in [0, 0.1) is 6.92 Å². The number of aryl methyl sites for hydroxylation is 1. The number of epoxide rings is 2. The van der Waals surface area contributed by atoms with Crippen molar-refractivity contribution in [3.05, 3.63) is 83.9 Å². The molecule has 0 aromatic heterocycles. The van der Waals surface area contributed by atoms with Crippen molar-refractivity contribution in [2.24, 2.45) is 0 Å². The van der Waals surface area contributed by atoms with Crippen molar-refractivity contribution in [2.75, 3.05) is 26.9 Å². The molecule has 0 aliphatic carbocycles. The van der Waals surface area contributed by atoms with Crippen LogP contribution in [0.25, 0.3) is 12.2 Å². The maximum atomic E-state index is 5.23. The Bertz CT molecular complexity index is 701. The van der Waals surface area contributed by atoms with Gasteiger partial charge in [-0.2, -0.15) is 0 Å². The lowest BCUT2D eigenvalue weighted by Crippen LogP contribution is -1.98. The van der Waals surface area contributed by atoms with Gasteiger partial charge >= 0.3 is 0 Å². The molecule has 27 heavy (non-hydrogen) atoms. The molecule has 2 atom stereocenters. The van der Waals surface area contributed by atoms with E-state index in [4.69, 9.17) is 14.2 Å². The van der Waals surface area contributed by atoms with Gasteiger partial charge < -0.3 is 14.2 Å². The van der Waals surface area contributed by atoms with E-state index in [9.17, 15) is 0 Å². The van der Waals surface area contributed by atoms with Crippen LogP contribution in [-0.4, -0.2) is 39.1 Å². The normalized spacial score (nSPS) is 18.9. The summed E-state index contributed by atoms with van der Waals surface area (Å²) in [5.41, 5.74) is 5.15. The zero-order valence-corrected chi connectivity index (χ0v) is 16.4. The third kappa shape index (κ3) is 8.35. The summed E-state index contributed by atoms with van der Waals surface area (Å²) in [6, 6.07) is 16.4. The second-order valence-electron chi connectivity index (χ2n) is 6.53. The zero-order valence-electron chi connectivity index (χ0n) is 16.4. The summed E-state index contributed by atoms with van der Waals surface area (Å²) in [6.07, 6.45) is 5.67. The molecule has 3 heteroatoms. The van der Waals surface area contributed by atoms with E-state index in [1.165, 1.54) is 22.3 Å². The van der Waals surface area contributed by atoms with E-state index in [1.54, 1.807) is 7.11 Å². The van der Waals surface area contributed by atoms with Crippen LogP contribution in [0.5, 0.6) is 0 Å². The van der Waals surface area contributed by atoms with Gasteiger partial charge in [-0.3, -0.25) is 0 Å². The fraction of sp³-hybridized carbons (Fsp3) is 0.333. The SMILES string of the molecule is C=Cc1cccc(C)c1CC1CO1.C=Cc1ccccc1.COCC1CO1. The monoisotopic (exact) mass is 366 g/mol. The quantitative estimate of drug-likeness (QED) is 0.679. The van der Waals surface area contributed by atoms with Gasteiger partial charge in [0.2, 0.25) is 0 Å². The van der Waals surface area contributed by atoms with Crippen molar-refractivity contribution < 1.29 is 14.2 Å². The van der Waals surface area contributed by atoms with Crippen molar-refractivity contribution in [2.45, 2.75) is 25.6 Å². The van der Waals surface area contributed by atoms with Crippen LogP contribution in [0.15, 0.2) is 61.7 Å². The third-order valence-electron chi connectivity index (χ3n) is 4.29. The molecule has 0 saturated carbocycles. The molecule has 144 valence electrons. The van der Waals surface area contributed by atoms with Crippen LogP contribution < -0.4 is 0 Å². The topological polar surface area (TPSA) is 34.3 Å². The number of hydrogen-bond acceptors (Lipinski definition) is 3. The molecule has 3 nitrogen and oxygen atoms in total. The van der Waals surface area contributed by atoms with Gasteiger partial charge in [-0.25, -0.2) is 0 Å². The summed E-state index contributed by atoms with van der Waals surface area (Å²) >= 11 is 0. The summed E-state index contributed by atoms with van der Waals surface area (Å²) in [6.45, 7) is 12.2. The van der Waals surface area contributed by atoms with Gasteiger partial charge in [-0.05, 0) is 29.2 Å². The minimum atomic E-state index is 0.426. The predicted molar refractivity (Wildman–Crippen MR) is 113 cm³/mol. The molecule has 2 aliphatic rings. The number of hydrogen-bond donors (Lipinski definition) is 0. The van der Waals surface area contributed by atoms with Gasteiger partial charge in [0.1, 0.15) is 6.10 Å². The van der Waals surface area contributed by atoms with Crippen LogP contribution in [-0.2, 0) is 20.6 Å². The molecular formula is C24H30O3. The zero-order chi connectivity index (χ0) is 19.5. The predicted octanol–water partition coefficient (Wildman–Crippen LogP) is 4.94. The molecule has 2 aromatic carbocycles. The van der Waals surface area contributed by atoms with Gasteiger partial charge in [0.25, 0.3) is 0 Å². The lowest BCUT2D eigenvalue weighted by atomic mass is 9.98. The lowest BCUT2D eigenvalue weighted by Gasteiger charge is -2.07. The molecule has 0 spiro atoms. The molecule has 0 N–H and O–H groups in total. The second-order valence-corrected chi connectivity index (χ2v) is 6.53. The largest absolute Gasteiger partial charge is 0.382 e. The summed E-state index contributed by atoms with van der Waals surface area (Å²) in [5, 5.41) is 0. The fourth-order valence-electron chi connectivity index (χ4n) is 2.55. The molecule has 0 bridgehead atoms. The smallest absolute Gasteiger partial charge is 0.104 e. The van der Waals surface area contributed by atoms with Gasteiger partial charge in [0.05, 0.1) is 25.9 Å². The first-order valence-electron chi connectivity index (χ1n) is 9.28. The van der Waals surface area contributed by atoms with Crippen molar-refractivity contribution >= 4 is 12.2 Å². The highest BCUT2D eigenvalue weighted by molar-refractivity contribution is 5.54. The highest BCUT2D eigenvalue weighted by Crippen LogP contribution is 2.22. The Kier molecular flexibility index (Phi) is 8.99. The molecule has 2 fully saturated rings. The first kappa shape index (κ1) is 21.1.